The van der Waals surface area contributed by atoms with E-state index >= 15 is 0 Å². The van der Waals surface area contributed by atoms with Gasteiger partial charge in [-0.05, 0) is 35.7 Å². The van der Waals surface area contributed by atoms with Crippen molar-refractivity contribution in [3.63, 3.8) is 0 Å². The predicted molar refractivity (Wildman–Crippen MR) is 116 cm³/mol. The van der Waals surface area contributed by atoms with Gasteiger partial charge in [0.2, 0.25) is 0 Å². The third kappa shape index (κ3) is 3.71. The Labute approximate surface area is 177 Å². The smallest absolute Gasteiger partial charge is 0.148 e. The Hall–Kier alpha value is -2.54. The maximum atomic E-state index is 14.3. The second-order valence-corrected chi connectivity index (χ2v) is 8.62. The van der Waals surface area contributed by atoms with Crippen LogP contribution in [0.15, 0.2) is 54.9 Å². The fourth-order valence-electron chi connectivity index (χ4n) is 3.77. The topological polar surface area (TPSA) is 41.1 Å². The lowest BCUT2D eigenvalue weighted by Crippen LogP contribution is -2.29. The maximum absolute atomic E-state index is 14.3. The van der Waals surface area contributed by atoms with Crippen LogP contribution in [0.5, 0.6) is 0 Å². The van der Waals surface area contributed by atoms with Crippen LogP contribution in [-0.4, -0.2) is 21.4 Å². The van der Waals surface area contributed by atoms with Gasteiger partial charge in [-0.1, -0.05) is 41.9 Å². The molecule has 2 aromatic carbocycles. The van der Waals surface area contributed by atoms with Gasteiger partial charge in [0.1, 0.15) is 22.8 Å². The number of aromatic nitrogens is 2. The highest BCUT2D eigenvalue weighted by atomic mass is 35.5. The minimum absolute atomic E-state index is 0.357. The lowest BCUT2D eigenvalue weighted by atomic mass is 10.0. The number of fused-ring (bicyclic) bond motifs is 3. The Morgan fingerprint density at radius 3 is 2.83 bits per heavy atom. The molecule has 0 radical (unpaired) electrons. The van der Waals surface area contributed by atoms with Gasteiger partial charge in [0, 0.05) is 29.5 Å². The second-order valence-electron chi connectivity index (χ2n) is 7.10. The van der Waals surface area contributed by atoms with Gasteiger partial charge in [-0.15, -0.1) is 11.3 Å². The molecule has 1 N–H and O–H groups in total. The van der Waals surface area contributed by atoms with Crippen LogP contribution >= 0.6 is 22.9 Å². The van der Waals surface area contributed by atoms with Crippen LogP contribution in [0.2, 0.25) is 5.02 Å². The van der Waals surface area contributed by atoms with Gasteiger partial charge >= 0.3 is 0 Å². The number of benzene rings is 2. The summed E-state index contributed by atoms with van der Waals surface area (Å²) in [4.78, 5) is 13.6. The summed E-state index contributed by atoms with van der Waals surface area (Å²) in [6.07, 6.45) is 2.45. The van der Waals surface area contributed by atoms with E-state index in [2.05, 4.69) is 44.5 Å². The molecule has 0 fully saturated rings. The number of hydrogen-bond donors (Lipinski definition) is 1. The normalized spacial score (nSPS) is 14.1. The highest BCUT2D eigenvalue weighted by Crippen LogP contribution is 2.38. The molecule has 0 saturated carbocycles. The van der Waals surface area contributed by atoms with Crippen molar-refractivity contribution in [1.29, 1.82) is 0 Å². The van der Waals surface area contributed by atoms with Crippen LogP contribution in [-0.2, 0) is 19.5 Å². The van der Waals surface area contributed by atoms with Gasteiger partial charge in [-0.25, -0.2) is 14.4 Å². The number of thiophene rings is 1. The number of rotatable bonds is 4. The van der Waals surface area contributed by atoms with Gasteiger partial charge in [0.15, 0.2) is 0 Å². The molecule has 146 valence electrons. The van der Waals surface area contributed by atoms with Gasteiger partial charge in [-0.2, -0.15) is 0 Å². The van der Waals surface area contributed by atoms with E-state index in [1.165, 1.54) is 28.4 Å². The first-order valence-electron chi connectivity index (χ1n) is 9.41. The van der Waals surface area contributed by atoms with Gasteiger partial charge in [-0.3, -0.25) is 4.90 Å². The molecular weight excluding hydrogens is 407 g/mol. The molecule has 1 aliphatic heterocycles. The largest absolute Gasteiger partial charge is 0.337 e. The molecule has 7 heteroatoms. The van der Waals surface area contributed by atoms with Gasteiger partial charge in [0.25, 0.3) is 0 Å². The van der Waals surface area contributed by atoms with Crippen LogP contribution in [0.25, 0.3) is 10.2 Å². The van der Waals surface area contributed by atoms with E-state index in [4.69, 9.17) is 11.6 Å². The first-order valence-corrected chi connectivity index (χ1v) is 10.6. The van der Waals surface area contributed by atoms with E-state index in [0.717, 1.165) is 36.3 Å². The van der Waals surface area contributed by atoms with Crippen LogP contribution in [0.1, 0.15) is 16.0 Å². The van der Waals surface area contributed by atoms with Crippen molar-refractivity contribution >= 4 is 44.7 Å². The molecule has 0 saturated heterocycles. The Balaban J connectivity index is 1.45. The third-order valence-electron chi connectivity index (χ3n) is 5.15. The fourth-order valence-corrected chi connectivity index (χ4v) is 5.16. The second kappa shape index (κ2) is 7.71. The highest BCUT2D eigenvalue weighted by Gasteiger charge is 2.24. The van der Waals surface area contributed by atoms with Crippen molar-refractivity contribution < 1.29 is 4.39 Å². The van der Waals surface area contributed by atoms with E-state index in [1.54, 1.807) is 23.5 Å². The van der Waals surface area contributed by atoms with Gasteiger partial charge < -0.3 is 5.32 Å². The SMILES string of the molecule is Fc1cc(Cl)ccc1Nc1ncnc2sc3c(c12)CCN(Cc1ccccc1)C3. The third-order valence-corrected chi connectivity index (χ3v) is 6.51. The van der Waals surface area contributed by atoms with Crippen LogP contribution in [0.3, 0.4) is 0 Å². The molecule has 0 spiro atoms. The first-order chi connectivity index (χ1) is 14.2. The molecule has 0 amide bonds. The number of anilines is 2. The summed E-state index contributed by atoms with van der Waals surface area (Å²) in [5.74, 6) is 0.243. The molecule has 0 unspecified atom stereocenters. The summed E-state index contributed by atoms with van der Waals surface area (Å²) < 4.78 is 14.3. The summed E-state index contributed by atoms with van der Waals surface area (Å²) in [5, 5.41) is 4.51. The summed E-state index contributed by atoms with van der Waals surface area (Å²) in [6, 6.07) is 15.1. The molecule has 0 atom stereocenters. The molecule has 2 aromatic heterocycles. The Bertz CT molecular complexity index is 1180. The standard InChI is InChI=1S/C22H18ClFN4S/c23-15-6-7-18(17(24)10-15)27-21-20-16-8-9-28(11-14-4-2-1-3-5-14)12-19(16)29-22(20)26-13-25-21/h1-7,10,13H,8-9,11-12H2,(H,25,26,27). The van der Waals surface area contributed by atoms with Gasteiger partial charge in [0.05, 0.1) is 11.1 Å². The summed E-state index contributed by atoms with van der Waals surface area (Å²) >= 11 is 7.57. The van der Waals surface area contributed by atoms with E-state index in [-0.39, 0.29) is 0 Å². The highest BCUT2D eigenvalue weighted by molar-refractivity contribution is 7.19. The molecule has 0 bridgehead atoms. The lowest BCUT2D eigenvalue weighted by Gasteiger charge is -2.27. The van der Waals surface area contributed by atoms with Crippen molar-refractivity contribution in [2.45, 2.75) is 19.5 Å². The van der Waals surface area contributed by atoms with Crippen molar-refractivity contribution in [3.8, 4) is 0 Å². The molecule has 4 aromatic rings. The number of nitrogens with one attached hydrogen (secondary N) is 1. The van der Waals surface area contributed by atoms with E-state index in [0.29, 0.717) is 16.5 Å². The van der Waals surface area contributed by atoms with E-state index in [1.807, 2.05) is 6.07 Å². The Kier molecular flexibility index (Phi) is 4.91. The molecule has 3 heterocycles. The number of nitrogens with zero attached hydrogens (tertiary/aromatic N) is 3. The first kappa shape index (κ1) is 18.5. The Morgan fingerprint density at radius 2 is 2.00 bits per heavy atom. The zero-order valence-corrected chi connectivity index (χ0v) is 17.1. The molecule has 4 nitrogen and oxygen atoms in total. The average Bonchev–Trinajstić information content (AvgIpc) is 3.09. The zero-order chi connectivity index (χ0) is 19.8. The minimum atomic E-state index is -0.401. The van der Waals surface area contributed by atoms with Crippen LogP contribution < -0.4 is 5.32 Å². The Morgan fingerprint density at radius 1 is 1.14 bits per heavy atom. The minimum Gasteiger partial charge on any atom is -0.337 e. The van der Waals surface area contributed by atoms with Crippen molar-refractivity contribution in [1.82, 2.24) is 14.9 Å². The molecule has 0 aliphatic carbocycles. The monoisotopic (exact) mass is 424 g/mol. The molecule has 1 aliphatic rings. The van der Waals surface area contributed by atoms with Crippen LogP contribution in [0, 0.1) is 5.82 Å². The molecule has 29 heavy (non-hydrogen) atoms. The fraction of sp³-hybridized carbons (Fsp3) is 0.182. The average molecular weight is 425 g/mol. The summed E-state index contributed by atoms with van der Waals surface area (Å²) in [6.45, 7) is 2.79. The zero-order valence-electron chi connectivity index (χ0n) is 15.5. The lowest BCUT2D eigenvalue weighted by molar-refractivity contribution is 0.249. The number of halogens is 2. The van der Waals surface area contributed by atoms with Crippen molar-refractivity contribution in [2.24, 2.45) is 0 Å². The predicted octanol–water partition coefficient (Wildman–Crippen LogP) is 5.79. The van der Waals surface area contributed by atoms with Crippen molar-refractivity contribution in [2.75, 3.05) is 11.9 Å². The van der Waals surface area contributed by atoms with Crippen LogP contribution in [0.4, 0.5) is 15.9 Å². The quantitative estimate of drug-likeness (QED) is 0.450. The molecular formula is C22H18ClFN4S. The maximum Gasteiger partial charge on any atom is 0.148 e. The van der Waals surface area contributed by atoms with Crippen molar-refractivity contribution in [3.05, 3.63) is 81.7 Å². The van der Waals surface area contributed by atoms with E-state index in [9.17, 15) is 4.39 Å². The summed E-state index contributed by atoms with van der Waals surface area (Å²) in [7, 11) is 0. The van der Waals surface area contributed by atoms with E-state index < -0.39 is 5.82 Å². The number of hydrogen-bond acceptors (Lipinski definition) is 5. The summed E-state index contributed by atoms with van der Waals surface area (Å²) in [5.41, 5.74) is 2.94. The molecule has 5 rings (SSSR count).